The Bertz CT molecular complexity index is 2360. The van der Waals surface area contributed by atoms with Crippen LogP contribution < -0.4 is 20.4 Å². The Kier molecular flexibility index (Phi) is 18.6. The number of Topliss-reactive ketones (excluding diaryl/α,β-unsaturated/α-hetero) is 1. The van der Waals surface area contributed by atoms with Gasteiger partial charge in [-0.05, 0) is 143 Å². The normalized spacial score (nSPS) is 17.8. The van der Waals surface area contributed by atoms with Crippen molar-refractivity contribution in [2.24, 2.45) is 23.2 Å². The first kappa shape index (κ1) is 53.4. The van der Waals surface area contributed by atoms with Crippen LogP contribution in [0.4, 0.5) is 5.69 Å². The average Bonchev–Trinajstić information content (AvgIpc) is 4.16. The summed E-state index contributed by atoms with van der Waals surface area (Å²) in [7, 11) is 5.49. The van der Waals surface area contributed by atoms with E-state index in [4.69, 9.17) is 23.9 Å². The van der Waals surface area contributed by atoms with E-state index in [0.29, 0.717) is 26.2 Å². The number of aromatic nitrogens is 2. The lowest BCUT2D eigenvalue weighted by Crippen LogP contribution is -2.49. The molecule has 2 aromatic carbocycles. The highest BCUT2D eigenvalue weighted by Crippen LogP contribution is 2.43. The van der Waals surface area contributed by atoms with E-state index in [1.807, 2.05) is 14.0 Å². The Morgan fingerprint density at radius 3 is 2.36 bits per heavy atom. The van der Waals surface area contributed by atoms with Crippen LogP contribution in [0.5, 0.6) is 5.75 Å². The van der Waals surface area contributed by atoms with Crippen molar-refractivity contribution in [1.82, 2.24) is 30.2 Å². The number of carbonyl (C=O) groups excluding carboxylic acids is 2. The van der Waals surface area contributed by atoms with Crippen LogP contribution >= 0.6 is 0 Å². The lowest BCUT2D eigenvalue weighted by atomic mass is 9.84. The second-order valence-electron chi connectivity index (χ2n) is 21.5. The fraction of sp³-hybridized carbons (Fsp3) is 0.632. The first-order valence-corrected chi connectivity index (χ1v) is 26.4. The summed E-state index contributed by atoms with van der Waals surface area (Å²) in [6, 6.07) is 16.5. The molecule has 2 saturated heterocycles. The smallest absolute Gasteiger partial charge is 0.239 e. The molecule has 3 fully saturated rings. The number of hydrazine groups is 1. The summed E-state index contributed by atoms with van der Waals surface area (Å²) in [6.45, 7) is 25.2. The van der Waals surface area contributed by atoms with Crippen molar-refractivity contribution in [2.45, 2.75) is 125 Å². The van der Waals surface area contributed by atoms with Gasteiger partial charge in [0.1, 0.15) is 18.1 Å². The minimum absolute atomic E-state index is 0.109. The maximum Gasteiger partial charge on any atom is 0.239 e. The second kappa shape index (κ2) is 24.4. The fourth-order valence-corrected chi connectivity index (χ4v) is 10.7. The average molecular weight is 964 g/mol. The molecule has 4 aromatic rings. The number of nitrogens with one attached hydrogen (secondary N) is 2. The molecule has 2 aromatic heterocycles. The number of nitrogens with zero attached hydrogens (tertiary/aromatic N) is 5. The van der Waals surface area contributed by atoms with Gasteiger partial charge in [-0.25, -0.2) is 5.43 Å². The molecule has 70 heavy (non-hydrogen) atoms. The second-order valence-corrected chi connectivity index (χ2v) is 21.5. The standard InChI is InChI=1S/C57H85N7O6/c1-12-63-53-18-15-43(31-49(53)51(33-57(7,8)37-67-10)55(63)50-32-46(34-59-54(50)41(6)68-11)62-25-23-61(24-26-62)45-16-17-45)44-28-42(27-39(4)56(66)64-22-14-13-20-60-64)29-48(30-44)69-35-47(19-21-58-9)70-36-52(38(2)3)40(5)65/h15,18,28-32,34,38-39,41,45,47,52,58,60H,12-14,16-17,19-27,33,35-37H2,1-11H3/t39-,41-,47-,52-/m0/s1. The van der Waals surface area contributed by atoms with E-state index in [1.54, 1.807) is 26.2 Å². The van der Waals surface area contributed by atoms with E-state index in [2.05, 4.69) is 115 Å². The molecule has 13 nitrogen and oxygen atoms in total. The van der Waals surface area contributed by atoms with Crippen LogP contribution in [0, 0.1) is 23.2 Å². The minimum Gasteiger partial charge on any atom is -0.491 e. The van der Waals surface area contributed by atoms with Gasteiger partial charge in [-0.2, -0.15) is 0 Å². The molecule has 0 bridgehead atoms. The van der Waals surface area contributed by atoms with Crippen molar-refractivity contribution in [2.75, 3.05) is 91.8 Å². The highest BCUT2D eigenvalue weighted by atomic mass is 16.5. The summed E-state index contributed by atoms with van der Waals surface area (Å²) in [5.41, 5.74) is 13.1. The van der Waals surface area contributed by atoms with Crippen LogP contribution in [0.25, 0.3) is 33.3 Å². The molecule has 4 atom stereocenters. The highest BCUT2D eigenvalue weighted by Gasteiger charge is 2.33. The molecule has 0 unspecified atom stereocenters. The van der Waals surface area contributed by atoms with E-state index in [9.17, 15) is 9.59 Å². The SMILES string of the molecule is CCn1c(-c2cc(N3CCN(C4CC4)CC3)cnc2[C@H](C)OC)c(CC(C)(C)COC)c2cc(-c3cc(C[C@H](C)C(=O)N4CCCCN4)cc(OC[C@H](CCNC)OC[C@H](C(C)=O)C(C)C)c3)ccc21. The first-order chi connectivity index (χ1) is 33.6. The molecular weight excluding hydrogens is 879 g/mol. The van der Waals surface area contributed by atoms with E-state index in [1.165, 1.54) is 35.0 Å². The number of rotatable bonds is 25. The number of aryl methyl sites for hydroxylation is 1. The molecule has 3 aliphatic rings. The van der Waals surface area contributed by atoms with Gasteiger partial charge in [-0.15, -0.1) is 0 Å². The number of fused-ring (bicyclic) bond motifs is 1. The number of hydrogen-bond acceptors (Lipinski definition) is 11. The molecular formula is C57H85N7O6. The van der Waals surface area contributed by atoms with Crippen molar-refractivity contribution in [3.05, 3.63) is 65.5 Å². The Balaban J connectivity index is 1.32. The third-order valence-electron chi connectivity index (χ3n) is 14.9. The zero-order valence-electron chi connectivity index (χ0n) is 44.5. The maximum atomic E-state index is 13.8. The number of amides is 1. The van der Waals surface area contributed by atoms with Gasteiger partial charge in [-0.3, -0.25) is 24.5 Å². The summed E-state index contributed by atoms with van der Waals surface area (Å²) in [4.78, 5) is 36.7. The molecule has 13 heteroatoms. The van der Waals surface area contributed by atoms with Gasteiger partial charge in [0.2, 0.25) is 5.91 Å². The van der Waals surface area contributed by atoms with Crippen molar-refractivity contribution < 1.29 is 28.5 Å². The van der Waals surface area contributed by atoms with Crippen molar-refractivity contribution in [1.29, 1.82) is 0 Å². The molecule has 1 amide bonds. The lowest BCUT2D eigenvalue weighted by Gasteiger charge is -2.36. The number of anilines is 1. The molecule has 2 N–H and O–H groups in total. The van der Waals surface area contributed by atoms with Gasteiger partial charge in [0.05, 0.1) is 48.7 Å². The summed E-state index contributed by atoms with van der Waals surface area (Å²) in [5, 5.41) is 6.26. The first-order valence-electron chi connectivity index (χ1n) is 26.4. The number of pyridine rings is 1. The Morgan fingerprint density at radius 1 is 0.943 bits per heavy atom. The van der Waals surface area contributed by atoms with Gasteiger partial charge in [0.25, 0.3) is 0 Å². The van der Waals surface area contributed by atoms with Crippen LogP contribution in [0.2, 0.25) is 0 Å². The minimum atomic E-state index is -0.242. The van der Waals surface area contributed by atoms with Gasteiger partial charge >= 0.3 is 0 Å². The van der Waals surface area contributed by atoms with Gasteiger partial charge in [-0.1, -0.05) is 46.8 Å². The predicted octanol–water partition coefficient (Wildman–Crippen LogP) is 9.14. The van der Waals surface area contributed by atoms with Crippen LogP contribution in [0.1, 0.15) is 110 Å². The molecule has 7 rings (SSSR count). The number of carbonyl (C=O) groups is 2. The molecule has 4 heterocycles. The van der Waals surface area contributed by atoms with Crippen LogP contribution in [-0.4, -0.2) is 130 Å². The summed E-state index contributed by atoms with van der Waals surface area (Å²) in [5.74, 6) is 0.732. The van der Waals surface area contributed by atoms with Gasteiger partial charge in [0, 0.05) is 94.4 Å². The lowest BCUT2D eigenvalue weighted by molar-refractivity contribution is -0.139. The Hall–Kier alpha value is -4.37. The van der Waals surface area contributed by atoms with Crippen molar-refractivity contribution in [3.63, 3.8) is 0 Å². The number of ketones is 1. The summed E-state index contributed by atoms with van der Waals surface area (Å²) in [6.07, 6.45) is 8.41. The van der Waals surface area contributed by atoms with E-state index < -0.39 is 0 Å². The van der Waals surface area contributed by atoms with E-state index >= 15 is 0 Å². The van der Waals surface area contributed by atoms with Crippen LogP contribution in [-0.2, 0) is 43.2 Å². The van der Waals surface area contributed by atoms with Gasteiger partial charge < -0.3 is 33.7 Å². The Labute approximate surface area is 419 Å². The van der Waals surface area contributed by atoms with Crippen LogP contribution in [0.15, 0.2) is 48.7 Å². The maximum absolute atomic E-state index is 13.8. The quantitative estimate of drug-likeness (QED) is 0.0662. The zero-order valence-corrected chi connectivity index (χ0v) is 44.5. The van der Waals surface area contributed by atoms with Gasteiger partial charge in [0.15, 0.2) is 0 Å². The topological polar surface area (TPSA) is 123 Å². The van der Waals surface area contributed by atoms with E-state index in [0.717, 1.165) is 123 Å². The molecule has 0 radical (unpaired) electrons. The molecule has 384 valence electrons. The third kappa shape index (κ3) is 13.2. The summed E-state index contributed by atoms with van der Waals surface area (Å²) < 4.78 is 27.6. The molecule has 0 spiro atoms. The zero-order chi connectivity index (χ0) is 50.1. The van der Waals surface area contributed by atoms with Crippen LogP contribution in [0.3, 0.4) is 0 Å². The predicted molar refractivity (Wildman–Crippen MR) is 282 cm³/mol. The number of ether oxygens (including phenoxy) is 4. The number of piperazine rings is 1. The fourth-order valence-electron chi connectivity index (χ4n) is 10.7. The van der Waals surface area contributed by atoms with E-state index in [-0.39, 0.29) is 47.1 Å². The van der Waals surface area contributed by atoms with Crippen molar-refractivity contribution >= 4 is 28.3 Å². The number of benzene rings is 2. The largest absolute Gasteiger partial charge is 0.491 e. The number of methoxy groups -OCH3 is 2. The van der Waals surface area contributed by atoms with Crippen molar-refractivity contribution in [3.8, 4) is 28.1 Å². The molecule has 1 saturated carbocycles. The molecule has 2 aliphatic heterocycles. The summed E-state index contributed by atoms with van der Waals surface area (Å²) >= 11 is 0. The number of hydrogen-bond donors (Lipinski definition) is 2. The third-order valence-corrected chi connectivity index (χ3v) is 14.9. The highest BCUT2D eigenvalue weighted by molar-refractivity contribution is 5.96. The Morgan fingerprint density at radius 2 is 1.71 bits per heavy atom. The molecule has 1 aliphatic carbocycles. The monoisotopic (exact) mass is 964 g/mol.